The minimum atomic E-state index is -4.59. The summed E-state index contributed by atoms with van der Waals surface area (Å²) in [6.07, 6.45) is -3.72. The number of thiophene rings is 1. The van der Waals surface area contributed by atoms with Gasteiger partial charge in [-0.3, -0.25) is 10.2 Å². The first-order chi connectivity index (χ1) is 18.3. The van der Waals surface area contributed by atoms with Gasteiger partial charge in [-0.05, 0) is 33.3 Å². The molecule has 0 radical (unpaired) electrons. The molecule has 0 saturated carbocycles. The zero-order valence-electron chi connectivity index (χ0n) is 21.9. The molecule has 0 unspecified atom stereocenters. The number of hydrazine groups is 1. The highest BCUT2D eigenvalue weighted by molar-refractivity contribution is 7.18. The number of ether oxygens (including phenoxy) is 2. The second-order valence-electron chi connectivity index (χ2n) is 9.80. The predicted molar refractivity (Wildman–Crippen MR) is 135 cm³/mol. The average Bonchev–Trinajstić information content (AvgIpc) is 3.44. The van der Waals surface area contributed by atoms with Crippen molar-refractivity contribution in [2.45, 2.75) is 71.8 Å². The molecule has 12 nitrogen and oxygen atoms in total. The number of carbonyl (C=O) groups excluding carboxylic acids is 2. The van der Waals surface area contributed by atoms with Crippen molar-refractivity contribution >= 4 is 39.4 Å². The van der Waals surface area contributed by atoms with Crippen molar-refractivity contribution in [3.63, 3.8) is 0 Å². The molecule has 0 spiro atoms. The number of alkyl halides is 3. The Hall–Kier alpha value is -3.69. The van der Waals surface area contributed by atoms with Gasteiger partial charge in [-0.1, -0.05) is 13.3 Å². The lowest BCUT2D eigenvalue weighted by Gasteiger charge is -2.29. The third kappa shape index (κ3) is 7.04. The smallest absolute Gasteiger partial charge is 0.451 e. The number of hydrogen-bond donors (Lipinski definition) is 2. The number of hydrogen-bond acceptors (Lipinski definition) is 10. The summed E-state index contributed by atoms with van der Waals surface area (Å²) in [4.78, 5) is 36.4. The average molecular weight is 571 g/mol. The Bertz CT molecular complexity index is 1350. The maximum atomic E-state index is 13.3. The fourth-order valence-electron chi connectivity index (χ4n) is 3.88. The summed E-state index contributed by atoms with van der Waals surface area (Å²) in [6, 6.07) is 2.01. The molecule has 3 aromatic heterocycles. The summed E-state index contributed by atoms with van der Waals surface area (Å²) in [5.74, 6) is -0.845. The fraction of sp³-hybridized carbons (Fsp3) is 0.565. The van der Waals surface area contributed by atoms with Crippen LogP contribution in [-0.4, -0.2) is 55.5 Å². The van der Waals surface area contributed by atoms with Gasteiger partial charge in [-0.15, -0.1) is 21.5 Å². The Morgan fingerprint density at radius 2 is 1.90 bits per heavy atom. The van der Waals surface area contributed by atoms with E-state index >= 15 is 0 Å². The molecule has 1 aliphatic heterocycles. The van der Waals surface area contributed by atoms with Crippen LogP contribution in [0.4, 0.5) is 23.8 Å². The maximum absolute atomic E-state index is 13.3. The quantitative estimate of drug-likeness (QED) is 0.408. The number of anilines is 1. The fourth-order valence-corrected chi connectivity index (χ4v) is 5.00. The van der Waals surface area contributed by atoms with Gasteiger partial charge >= 0.3 is 18.3 Å². The molecular weight excluding hydrogens is 541 g/mol. The normalized spacial score (nSPS) is 13.8. The first-order valence-corrected chi connectivity index (χ1v) is 13.1. The van der Waals surface area contributed by atoms with Crippen molar-refractivity contribution in [3.05, 3.63) is 22.6 Å². The molecule has 4 rings (SSSR count). The zero-order chi connectivity index (χ0) is 28.4. The number of aryl methyl sites for hydroxylation is 1. The summed E-state index contributed by atoms with van der Waals surface area (Å²) in [7, 11) is 0. The monoisotopic (exact) mass is 570 g/mol. The van der Waals surface area contributed by atoms with Gasteiger partial charge in [0.15, 0.2) is 5.82 Å². The summed E-state index contributed by atoms with van der Waals surface area (Å²) in [6.45, 7) is 7.43. The number of fused-ring (bicyclic) bond motifs is 2. The van der Waals surface area contributed by atoms with Crippen LogP contribution >= 0.6 is 11.3 Å². The molecule has 0 fully saturated rings. The Morgan fingerprint density at radius 3 is 2.59 bits per heavy atom. The van der Waals surface area contributed by atoms with Crippen LogP contribution in [-0.2, 0) is 35.2 Å². The van der Waals surface area contributed by atoms with Gasteiger partial charge in [0.1, 0.15) is 22.9 Å². The van der Waals surface area contributed by atoms with Crippen molar-refractivity contribution < 1.29 is 32.2 Å². The Balaban J connectivity index is 1.47. The molecule has 2 amide bonds. The molecular formula is C23H29F3N8O4S. The number of nitrogens with one attached hydrogen (secondary N) is 2. The van der Waals surface area contributed by atoms with Crippen LogP contribution in [0.2, 0.25) is 0 Å². The number of carbonyl (C=O) groups is 2. The van der Waals surface area contributed by atoms with Crippen LogP contribution < -0.4 is 20.5 Å². The summed E-state index contributed by atoms with van der Waals surface area (Å²) >= 11 is 1.48. The molecule has 3 aromatic rings. The van der Waals surface area contributed by atoms with Crippen molar-refractivity contribution in [2.24, 2.45) is 0 Å². The van der Waals surface area contributed by atoms with Gasteiger partial charge in [0.05, 0.1) is 18.4 Å². The largest absolute Gasteiger partial charge is 0.463 e. The lowest BCUT2D eigenvalue weighted by Crippen LogP contribution is -2.44. The number of nitrogens with zero attached hydrogens (tertiary/aromatic N) is 6. The number of rotatable bonds is 7. The second kappa shape index (κ2) is 11.2. The van der Waals surface area contributed by atoms with Gasteiger partial charge in [-0.25, -0.2) is 10.2 Å². The van der Waals surface area contributed by atoms with E-state index in [1.807, 2.05) is 11.0 Å². The van der Waals surface area contributed by atoms with Crippen molar-refractivity contribution in [2.75, 3.05) is 18.1 Å². The van der Waals surface area contributed by atoms with E-state index in [1.165, 1.54) is 11.3 Å². The SMILES string of the molecule is CCCc1cc2c(N3CCn4c(nnc4C(F)(F)F)C3)nc(OCCC(=O)NNC(=O)OC(C)(C)C)nc2s1. The van der Waals surface area contributed by atoms with Gasteiger partial charge in [0, 0.05) is 18.0 Å². The third-order valence-corrected chi connectivity index (χ3v) is 6.56. The van der Waals surface area contributed by atoms with Gasteiger partial charge < -0.3 is 18.9 Å². The lowest BCUT2D eigenvalue weighted by molar-refractivity contribution is -0.147. The van der Waals surface area contributed by atoms with Crippen molar-refractivity contribution in [3.8, 4) is 6.01 Å². The molecule has 0 saturated heterocycles. The third-order valence-electron chi connectivity index (χ3n) is 5.47. The number of halogens is 3. The standard InChI is InChI=1S/C23H29F3N8O4S/c1-5-6-13-11-14-17(33-8-9-34-15(12-33)29-31-19(34)23(24,25)26)27-20(28-18(14)39-13)37-10-7-16(35)30-32-21(36)38-22(2,3)4/h11H,5-10,12H2,1-4H3,(H,30,35)(H,32,36). The van der Waals surface area contributed by atoms with Crippen LogP contribution in [0, 0.1) is 0 Å². The summed E-state index contributed by atoms with van der Waals surface area (Å²) in [5, 5.41) is 7.85. The minimum Gasteiger partial charge on any atom is -0.463 e. The van der Waals surface area contributed by atoms with Gasteiger partial charge in [0.2, 0.25) is 11.7 Å². The molecule has 1 aliphatic rings. The Kier molecular flexibility index (Phi) is 8.13. The topological polar surface area (TPSA) is 136 Å². The van der Waals surface area contributed by atoms with Gasteiger partial charge in [-0.2, -0.15) is 23.1 Å². The van der Waals surface area contributed by atoms with E-state index in [-0.39, 0.29) is 44.5 Å². The maximum Gasteiger partial charge on any atom is 0.451 e. The van der Waals surface area contributed by atoms with E-state index in [2.05, 4.69) is 37.9 Å². The Labute approximate surface area is 225 Å². The molecule has 0 atom stereocenters. The van der Waals surface area contributed by atoms with Crippen molar-refractivity contribution in [1.29, 1.82) is 0 Å². The lowest BCUT2D eigenvalue weighted by atomic mass is 10.2. The zero-order valence-corrected chi connectivity index (χ0v) is 22.7. The molecule has 39 heavy (non-hydrogen) atoms. The molecule has 16 heteroatoms. The highest BCUT2D eigenvalue weighted by Gasteiger charge is 2.39. The van der Waals surface area contributed by atoms with Crippen LogP contribution in [0.3, 0.4) is 0 Å². The molecule has 0 aromatic carbocycles. The molecule has 2 N–H and O–H groups in total. The van der Waals surface area contributed by atoms with E-state index in [1.54, 1.807) is 20.8 Å². The van der Waals surface area contributed by atoms with Crippen LogP contribution in [0.15, 0.2) is 6.07 Å². The summed E-state index contributed by atoms with van der Waals surface area (Å²) < 4.78 is 51.6. The molecule has 212 valence electrons. The minimum absolute atomic E-state index is 0.0262. The predicted octanol–water partition coefficient (Wildman–Crippen LogP) is 3.60. The number of aromatic nitrogens is 5. The van der Waals surface area contributed by atoms with E-state index in [0.717, 1.165) is 27.7 Å². The first-order valence-electron chi connectivity index (χ1n) is 12.3. The Morgan fingerprint density at radius 1 is 1.13 bits per heavy atom. The summed E-state index contributed by atoms with van der Waals surface area (Å²) in [5.41, 5.74) is 3.69. The van der Waals surface area contributed by atoms with E-state index in [0.29, 0.717) is 10.6 Å². The van der Waals surface area contributed by atoms with Crippen LogP contribution in [0.25, 0.3) is 10.2 Å². The molecule has 4 heterocycles. The van der Waals surface area contributed by atoms with Gasteiger partial charge in [0.25, 0.3) is 0 Å². The van der Waals surface area contributed by atoms with Crippen LogP contribution in [0.1, 0.15) is 57.1 Å². The number of amides is 2. The highest BCUT2D eigenvalue weighted by atomic mass is 32.1. The van der Waals surface area contributed by atoms with Crippen LogP contribution in [0.5, 0.6) is 6.01 Å². The molecule has 0 bridgehead atoms. The highest BCUT2D eigenvalue weighted by Crippen LogP contribution is 2.36. The first kappa shape index (κ1) is 28.3. The molecule has 0 aliphatic carbocycles. The van der Waals surface area contributed by atoms with E-state index in [9.17, 15) is 22.8 Å². The van der Waals surface area contributed by atoms with E-state index in [4.69, 9.17) is 9.47 Å². The van der Waals surface area contributed by atoms with E-state index < -0.39 is 29.6 Å². The second-order valence-corrected chi connectivity index (χ2v) is 10.9. The van der Waals surface area contributed by atoms with Crippen molar-refractivity contribution in [1.82, 2.24) is 35.6 Å².